The van der Waals surface area contributed by atoms with Crippen LogP contribution in [-0.4, -0.2) is 36.0 Å². The summed E-state index contributed by atoms with van der Waals surface area (Å²) >= 11 is 11.8. The maximum atomic E-state index is 12.6. The van der Waals surface area contributed by atoms with Gasteiger partial charge in [0.2, 0.25) is 10.0 Å². The van der Waals surface area contributed by atoms with Crippen LogP contribution in [0.5, 0.6) is 0 Å². The van der Waals surface area contributed by atoms with Gasteiger partial charge in [-0.1, -0.05) is 23.2 Å². The fourth-order valence-corrected chi connectivity index (χ4v) is 4.81. The number of anilines is 3. The maximum Gasteiger partial charge on any atom is 0.261 e. The second kappa shape index (κ2) is 9.60. The van der Waals surface area contributed by atoms with Gasteiger partial charge in [-0.05, 0) is 66.7 Å². The zero-order valence-electron chi connectivity index (χ0n) is 17.4. The first-order valence-corrected chi connectivity index (χ1v) is 13.4. The van der Waals surface area contributed by atoms with Gasteiger partial charge in [-0.15, -0.1) is 0 Å². The number of nitrogens with zero attached hydrogens (tertiary/aromatic N) is 1. The highest BCUT2D eigenvalue weighted by Crippen LogP contribution is 2.28. The normalized spacial score (nSPS) is 11.6. The Bertz CT molecular complexity index is 1390. The molecule has 0 fully saturated rings. The molecule has 3 aromatic rings. The Balaban J connectivity index is 1.70. The summed E-state index contributed by atoms with van der Waals surface area (Å²) < 4.78 is 51.9. The van der Waals surface area contributed by atoms with E-state index in [9.17, 15) is 21.6 Å². The number of benzene rings is 3. The molecule has 3 rings (SSSR count). The summed E-state index contributed by atoms with van der Waals surface area (Å²) in [5.74, 6) is -0.440. The maximum absolute atomic E-state index is 12.6. The van der Waals surface area contributed by atoms with Crippen molar-refractivity contribution in [3.8, 4) is 0 Å². The summed E-state index contributed by atoms with van der Waals surface area (Å²) in [7, 11) is -5.92. The summed E-state index contributed by atoms with van der Waals surface area (Å²) in [6.45, 7) is 0. The van der Waals surface area contributed by atoms with E-state index in [2.05, 4.69) is 10.0 Å². The molecule has 0 saturated carbocycles. The highest BCUT2D eigenvalue weighted by atomic mass is 35.5. The van der Waals surface area contributed by atoms with Crippen LogP contribution >= 0.6 is 23.2 Å². The van der Waals surface area contributed by atoms with Crippen molar-refractivity contribution in [1.82, 2.24) is 0 Å². The fourth-order valence-electron chi connectivity index (χ4n) is 2.71. The molecule has 33 heavy (non-hydrogen) atoms. The van der Waals surface area contributed by atoms with Gasteiger partial charge in [0, 0.05) is 23.3 Å². The monoisotopic (exact) mass is 527 g/mol. The molecule has 0 unspecified atom stereocenters. The first-order valence-electron chi connectivity index (χ1n) is 9.30. The van der Waals surface area contributed by atoms with Crippen molar-refractivity contribution in [2.45, 2.75) is 4.90 Å². The minimum absolute atomic E-state index is 0.0281. The molecule has 0 aliphatic heterocycles. The lowest BCUT2D eigenvalue weighted by molar-refractivity contribution is 0.102. The SMILES string of the molecule is CN(c1ccc(C(=O)Nc2ccc(S(=O)(=O)Nc3ccc(Cl)cc3Cl)cc2)cc1)S(C)(=O)=O. The summed E-state index contributed by atoms with van der Waals surface area (Å²) in [6, 6.07) is 16.0. The quantitative estimate of drug-likeness (QED) is 0.471. The Kier molecular flexibility index (Phi) is 7.23. The van der Waals surface area contributed by atoms with Gasteiger partial charge in [0.25, 0.3) is 15.9 Å². The van der Waals surface area contributed by atoms with Gasteiger partial charge >= 0.3 is 0 Å². The number of hydrogen-bond donors (Lipinski definition) is 2. The molecule has 0 aliphatic carbocycles. The second-order valence-electron chi connectivity index (χ2n) is 6.99. The number of hydrogen-bond acceptors (Lipinski definition) is 5. The van der Waals surface area contributed by atoms with Crippen LogP contribution in [0.25, 0.3) is 0 Å². The lowest BCUT2D eigenvalue weighted by Crippen LogP contribution is -2.24. The van der Waals surface area contributed by atoms with Gasteiger partial charge in [0.1, 0.15) is 0 Å². The number of sulfonamides is 2. The molecule has 2 N–H and O–H groups in total. The number of rotatable bonds is 7. The highest BCUT2D eigenvalue weighted by Gasteiger charge is 2.17. The van der Waals surface area contributed by atoms with E-state index in [1.165, 1.54) is 73.8 Å². The van der Waals surface area contributed by atoms with Crippen LogP contribution in [0, 0.1) is 0 Å². The van der Waals surface area contributed by atoms with Crippen molar-refractivity contribution in [1.29, 1.82) is 0 Å². The minimum Gasteiger partial charge on any atom is -0.322 e. The first-order chi connectivity index (χ1) is 15.4. The molecule has 0 heterocycles. The number of nitrogens with one attached hydrogen (secondary N) is 2. The van der Waals surface area contributed by atoms with Gasteiger partial charge in [-0.2, -0.15) is 0 Å². The van der Waals surface area contributed by atoms with E-state index in [1.54, 1.807) is 0 Å². The Labute approximate surface area is 202 Å². The predicted molar refractivity (Wildman–Crippen MR) is 131 cm³/mol. The smallest absolute Gasteiger partial charge is 0.261 e. The van der Waals surface area contributed by atoms with E-state index in [1.807, 2.05) is 0 Å². The molecule has 3 aromatic carbocycles. The molecule has 1 amide bonds. The lowest BCUT2D eigenvalue weighted by atomic mass is 10.2. The number of carbonyl (C=O) groups is 1. The van der Waals surface area contributed by atoms with Crippen molar-refractivity contribution >= 4 is 66.2 Å². The van der Waals surface area contributed by atoms with Crippen molar-refractivity contribution in [3.05, 3.63) is 82.3 Å². The van der Waals surface area contributed by atoms with Gasteiger partial charge in [-0.25, -0.2) is 16.8 Å². The Morgan fingerprint density at radius 3 is 2.03 bits per heavy atom. The Morgan fingerprint density at radius 2 is 1.48 bits per heavy atom. The Hall–Kier alpha value is -2.79. The van der Waals surface area contributed by atoms with Crippen molar-refractivity contribution in [2.24, 2.45) is 0 Å². The van der Waals surface area contributed by atoms with E-state index in [0.29, 0.717) is 22.0 Å². The molecule has 0 atom stereocenters. The van der Waals surface area contributed by atoms with E-state index < -0.39 is 26.0 Å². The number of carbonyl (C=O) groups excluding carboxylic acids is 1. The van der Waals surface area contributed by atoms with Crippen LogP contribution in [0.4, 0.5) is 17.1 Å². The third-order valence-corrected chi connectivity index (χ3v) is 7.72. The van der Waals surface area contributed by atoms with Crippen LogP contribution in [0.2, 0.25) is 10.0 Å². The van der Waals surface area contributed by atoms with Crippen molar-refractivity contribution < 1.29 is 21.6 Å². The molecule has 0 saturated heterocycles. The Morgan fingerprint density at radius 1 is 0.879 bits per heavy atom. The summed E-state index contributed by atoms with van der Waals surface area (Å²) in [4.78, 5) is 12.5. The van der Waals surface area contributed by atoms with E-state index >= 15 is 0 Å². The molecular formula is C21H19Cl2N3O5S2. The molecular weight excluding hydrogens is 509 g/mol. The number of amides is 1. The van der Waals surface area contributed by atoms with Crippen LogP contribution < -0.4 is 14.3 Å². The van der Waals surface area contributed by atoms with Crippen LogP contribution in [0.1, 0.15) is 10.4 Å². The van der Waals surface area contributed by atoms with Crippen LogP contribution in [-0.2, 0) is 20.0 Å². The van der Waals surface area contributed by atoms with Crippen molar-refractivity contribution in [2.75, 3.05) is 27.6 Å². The average Bonchev–Trinajstić information content (AvgIpc) is 2.75. The summed E-state index contributed by atoms with van der Waals surface area (Å²) in [5.41, 5.74) is 1.28. The third-order valence-electron chi connectivity index (χ3n) is 4.59. The van der Waals surface area contributed by atoms with Crippen LogP contribution in [0.15, 0.2) is 71.6 Å². The molecule has 174 valence electrons. The van der Waals surface area contributed by atoms with E-state index in [0.717, 1.165) is 10.6 Å². The topological polar surface area (TPSA) is 113 Å². The molecule has 0 radical (unpaired) electrons. The number of halogens is 2. The molecule has 0 aliphatic rings. The van der Waals surface area contributed by atoms with E-state index in [4.69, 9.17) is 23.2 Å². The minimum atomic E-state index is -3.92. The second-order valence-corrected chi connectivity index (χ2v) is 11.5. The summed E-state index contributed by atoms with van der Waals surface area (Å²) in [6.07, 6.45) is 1.08. The van der Waals surface area contributed by atoms with Gasteiger partial charge < -0.3 is 5.32 Å². The predicted octanol–water partition coefficient (Wildman–Crippen LogP) is 4.44. The summed E-state index contributed by atoms with van der Waals surface area (Å²) in [5, 5.41) is 3.19. The average molecular weight is 528 g/mol. The zero-order valence-corrected chi connectivity index (χ0v) is 20.6. The largest absolute Gasteiger partial charge is 0.322 e. The van der Waals surface area contributed by atoms with Gasteiger partial charge in [0.15, 0.2) is 0 Å². The highest BCUT2D eigenvalue weighted by molar-refractivity contribution is 7.92. The third kappa shape index (κ3) is 6.17. The first kappa shape index (κ1) is 24.8. The van der Waals surface area contributed by atoms with E-state index in [-0.39, 0.29) is 15.6 Å². The molecule has 8 nitrogen and oxygen atoms in total. The lowest BCUT2D eigenvalue weighted by Gasteiger charge is -2.16. The molecule has 12 heteroatoms. The van der Waals surface area contributed by atoms with Crippen LogP contribution in [0.3, 0.4) is 0 Å². The zero-order chi connectivity index (χ0) is 24.4. The molecule has 0 aromatic heterocycles. The van der Waals surface area contributed by atoms with Crippen molar-refractivity contribution in [3.63, 3.8) is 0 Å². The molecule has 0 spiro atoms. The standard InChI is InChI=1S/C21H19Cl2N3O5S2/c1-26(32(2,28)29)17-8-3-14(4-9-17)21(27)24-16-6-10-18(11-7-16)33(30,31)25-20-12-5-15(22)13-19(20)23/h3-13,25H,1-2H3,(H,24,27). The molecule has 0 bridgehead atoms. The van der Waals surface area contributed by atoms with Gasteiger partial charge in [0.05, 0.1) is 27.5 Å². The van der Waals surface area contributed by atoms with Gasteiger partial charge in [-0.3, -0.25) is 13.8 Å². The fraction of sp³-hybridized carbons (Fsp3) is 0.0952.